The van der Waals surface area contributed by atoms with Crippen molar-refractivity contribution in [3.8, 4) is 0 Å². The lowest BCUT2D eigenvalue weighted by Crippen LogP contribution is -2.44. The molecular weight excluding hydrogens is 226 g/mol. The summed E-state index contributed by atoms with van der Waals surface area (Å²) < 4.78 is 0. The first-order chi connectivity index (χ1) is 8.79. The average Bonchev–Trinajstić information content (AvgIpc) is 3.01. The Bertz CT molecular complexity index is 258. The van der Waals surface area contributed by atoms with Crippen molar-refractivity contribution in [3.05, 3.63) is 0 Å². The molecule has 2 fully saturated rings. The molecule has 1 atom stereocenters. The van der Waals surface area contributed by atoms with E-state index < -0.39 is 0 Å². The van der Waals surface area contributed by atoms with E-state index in [4.69, 9.17) is 0 Å². The summed E-state index contributed by atoms with van der Waals surface area (Å²) in [7, 11) is 0. The number of nitrogens with one attached hydrogen (secondary N) is 1. The van der Waals surface area contributed by atoms with Gasteiger partial charge in [0, 0.05) is 25.7 Å². The second kappa shape index (κ2) is 7.10. The Balaban J connectivity index is 1.78. The molecule has 2 saturated heterocycles. The van der Waals surface area contributed by atoms with Crippen LogP contribution in [0.3, 0.4) is 0 Å². The van der Waals surface area contributed by atoms with Crippen molar-refractivity contribution in [2.24, 2.45) is 0 Å². The van der Waals surface area contributed by atoms with Crippen molar-refractivity contribution >= 4 is 5.91 Å². The molecule has 4 heteroatoms. The van der Waals surface area contributed by atoms with Gasteiger partial charge < -0.3 is 10.2 Å². The number of hydrogen-bond acceptors (Lipinski definition) is 3. The van der Waals surface area contributed by atoms with E-state index in [1.54, 1.807) is 0 Å². The third kappa shape index (κ3) is 3.95. The molecule has 0 aromatic rings. The van der Waals surface area contributed by atoms with Crippen molar-refractivity contribution in [2.75, 3.05) is 39.3 Å². The van der Waals surface area contributed by atoms with Crippen molar-refractivity contribution in [1.29, 1.82) is 0 Å². The Morgan fingerprint density at radius 1 is 1.33 bits per heavy atom. The van der Waals surface area contributed by atoms with Gasteiger partial charge in [-0.1, -0.05) is 6.92 Å². The normalized spacial score (nSPS) is 24.1. The van der Waals surface area contributed by atoms with Crippen LogP contribution in [-0.2, 0) is 4.79 Å². The van der Waals surface area contributed by atoms with Gasteiger partial charge in [-0.15, -0.1) is 0 Å². The molecule has 0 aromatic heterocycles. The van der Waals surface area contributed by atoms with E-state index in [0.717, 1.165) is 39.1 Å². The summed E-state index contributed by atoms with van der Waals surface area (Å²) >= 11 is 0. The van der Waals surface area contributed by atoms with Gasteiger partial charge in [-0.3, -0.25) is 9.69 Å². The highest BCUT2D eigenvalue weighted by Crippen LogP contribution is 2.10. The van der Waals surface area contributed by atoms with Crippen molar-refractivity contribution < 1.29 is 4.79 Å². The fourth-order valence-corrected chi connectivity index (χ4v) is 3.03. The van der Waals surface area contributed by atoms with Crippen molar-refractivity contribution in [1.82, 2.24) is 15.1 Å². The number of carbonyl (C=O) groups excluding carboxylic acids is 1. The molecule has 0 bridgehead atoms. The van der Waals surface area contributed by atoms with Crippen LogP contribution < -0.4 is 5.32 Å². The molecular formula is C14H27N3O. The predicted octanol–water partition coefficient (Wildman–Crippen LogP) is 1.07. The van der Waals surface area contributed by atoms with Gasteiger partial charge in [-0.25, -0.2) is 0 Å². The Hall–Kier alpha value is -0.610. The molecule has 4 nitrogen and oxygen atoms in total. The van der Waals surface area contributed by atoms with E-state index in [1.165, 1.54) is 25.7 Å². The molecule has 2 rings (SSSR count). The number of likely N-dealkylation sites (tertiary alicyclic amines) is 1. The number of rotatable bonds is 6. The zero-order chi connectivity index (χ0) is 12.8. The van der Waals surface area contributed by atoms with Gasteiger partial charge in [-0.2, -0.15) is 0 Å². The van der Waals surface area contributed by atoms with E-state index in [-0.39, 0.29) is 0 Å². The number of hydrogen-bond donors (Lipinski definition) is 1. The number of nitrogens with zero attached hydrogens (tertiary/aromatic N) is 2. The minimum atomic E-state index is 0.332. The molecule has 0 radical (unpaired) electrons. The molecule has 2 aliphatic rings. The van der Waals surface area contributed by atoms with Gasteiger partial charge in [0.15, 0.2) is 0 Å². The lowest BCUT2D eigenvalue weighted by molar-refractivity contribution is -0.131. The van der Waals surface area contributed by atoms with Crippen molar-refractivity contribution in [2.45, 2.75) is 45.1 Å². The SMILES string of the molecule is CCCN(CC(=O)N1CCCC1)CC1CCCN1. The third-order valence-corrected chi connectivity index (χ3v) is 4.00. The highest BCUT2D eigenvalue weighted by atomic mass is 16.2. The van der Waals surface area contributed by atoms with Gasteiger partial charge in [0.2, 0.25) is 5.91 Å². The summed E-state index contributed by atoms with van der Waals surface area (Å²) in [6.07, 6.45) is 6.04. The molecule has 2 aliphatic heterocycles. The summed E-state index contributed by atoms with van der Waals surface area (Å²) in [5.41, 5.74) is 0. The third-order valence-electron chi connectivity index (χ3n) is 4.00. The Morgan fingerprint density at radius 3 is 2.72 bits per heavy atom. The molecule has 2 heterocycles. The topological polar surface area (TPSA) is 35.6 Å². The minimum absolute atomic E-state index is 0.332. The van der Waals surface area contributed by atoms with Crippen LogP contribution in [0.1, 0.15) is 39.0 Å². The predicted molar refractivity (Wildman–Crippen MR) is 73.6 cm³/mol. The second-order valence-electron chi connectivity index (χ2n) is 5.62. The maximum absolute atomic E-state index is 12.2. The molecule has 0 spiro atoms. The first-order valence-corrected chi connectivity index (χ1v) is 7.53. The van der Waals surface area contributed by atoms with Crippen LogP contribution in [0.4, 0.5) is 0 Å². The molecule has 1 N–H and O–H groups in total. The molecule has 104 valence electrons. The lowest BCUT2D eigenvalue weighted by Gasteiger charge is -2.26. The molecule has 18 heavy (non-hydrogen) atoms. The minimum Gasteiger partial charge on any atom is -0.342 e. The van der Waals surface area contributed by atoms with Crippen LogP contribution >= 0.6 is 0 Å². The number of amides is 1. The van der Waals surface area contributed by atoms with Crippen LogP contribution in [0, 0.1) is 0 Å². The van der Waals surface area contributed by atoms with Gasteiger partial charge in [0.05, 0.1) is 6.54 Å². The molecule has 0 aromatic carbocycles. The molecule has 0 saturated carbocycles. The van der Waals surface area contributed by atoms with E-state index in [1.807, 2.05) is 4.90 Å². The summed E-state index contributed by atoms with van der Waals surface area (Å²) in [5.74, 6) is 0.332. The zero-order valence-electron chi connectivity index (χ0n) is 11.7. The maximum atomic E-state index is 12.2. The largest absolute Gasteiger partial charge is 0.342 e. The first-order valence-electron chi connectivity index (χ1n) is 7.53. The Labute approximate surface area is 111 Å². The lowest BCUT2D eigenvalue weighted by atomic mass is 10.2. The molecule has 0 aliphatic carbocycles. The van der Waals surface area contributed by atoms with Crippen molar-refractivity contribution in [3.63, 3.8) is 0 Å². The standard InChI is InChI=1S/C14H27N3O/c1-2-8-16(11-13-6-5-7-15-13)12-14(18)17-9-3-4-10-17/h13,15H,2-12H2,1H3. The van der Waals surface area contributed by atoms with Crippen LogP contribution in [0.25, 0.3) is 0 Å². The summed E-state index contributed by atoms with van der Waals surface area (Å²) in [5, 5.41) is 3.52. The second-order valence-corrected chi connectivity index (χ2v) is 5.62. The van der Waals surface area contributed by atoms with Gasteiger partial charge in [-0.05, 0) is 45.2 Å². The summed E-state index contributed by atoms with van der Waals surface area (Å²) in [4.78, 5) is 16.5. The highest BCUT2D eigenvalue weighted by Gasteiger charge is 2.23. The van der Waals surface area contributed by atoms with E-state index >= 15 is 0 Å². The van der Waals surface area contributed by atoms with Gasteiger partial charge in [0.25, 0.3) is 0 Å². The van der Waals surface area contributed by atoms with Crippen LogP contribution in [-0.4, -0.2) is 61.0 Å². The molecule has 1 unspecified atom stereocenters. The smallest absolute Gasteiger partial charge is 0.236 e. The van der Waals surface area contributed by atoms with E-state index in [9.17, 15) is 4.79 Å². The Morgan fingerprint density at radius 2 is 2.11 bits per heavy atom. The fraction of sp³-hybridized carbons (Fsp3) is 0.929. The maximum Gasteiger partial charge on any atom is 0.236 e. The Kier molecular flexibility index (Phi) is 5.45. The average molecular weight is 253 g/mol. The quantitative estimate of drug-likeness (QED) is 0.769. The monoisotopic (exact) mass is 253 g/mol. The van der Waals surface area contributed by atoms with E-state index in [0.29, 0.717) is 18.5 Å². The molecule has 1 amide bonds. The van der Waals surface area contributed by atoms with Crippen LogP contribution in [0.2, 0.25) is 0 Å². The summed E-state index contributed by atoms with van der Waals surface area (Å²) in [6.45, 7) is 7.97. The highest BCUT2D eigenvalue weighted by molar-refractivity contribution is 5.78. The fourth-order valence-electron chi connectivity index (χ4n) is 3.03. The summed E-state index contributed by atoms with van der Waals surface area (Å²) in [6, 6.07) is 0.600. The zero-order valence-corrected chi connectivity index (χ0v) is 11.7. The van der Waals surface area contributed by atoms with Crippen LogP contribution in [0.15, 0.2) is 0 Å². The number of carbonyl (C=O) groups is 1. The van der Waals surface area contributed by atoms with Gasteiger partial charge in [0.1, 0.15) is 0 Å². The van der Waals surface area contributed by atoms with Gasteiger partial charge >= 0.3 is 0 Å². The van der Waals surface area contributed by atoms with Crippen LogP contribution in [0.5, 0.6) is 0 Å². The van der Waals surface area contributed by atoms with E-state index in [2.05, 4.69) is 17.1 Å². The first kappa shape index (κ1) is 13.8.